The molecule has 0 bridgehead atoms. The number of aromatic amines is 1. The fourth-order valence-corrected chi connectivity index (χ4v) is 3.57. The Morgan fingerprint density at radius 2 is 1.82 bits per heavy atom. The fraction of sp³-hybridized carbons (Fsp3) is 0.429. The normalized spacial score (nSPS) is 14.9. The van der Waals surface area contributed by atoms with Crippen LogP contribution in [0.15, 0.2) is 24.3 Å². The molecule has 1 fully saturated rings. The second-order valence-corrected chi connectivity index (χ2v) is 7.78. The minimum absolute atomic E-state index is 0.0155. The lowest BCUT2D eigenvalue weighted by Gasteiger charge is -2.35. The van der Waals surface area contributed by atoms with Crippen molar-refractivity contribution in [2.45, 2.75) is 33.6 Å². The van der Waals surface area contributed by atoms with E-state index >= 15 is 0 Å². The van der Waals surface area contributed by atoms with Crippen molar-refractivity contribution in [2.24, 2.45) is 0 Å². The van der Waals surface area contributed by atoms with Gasteiger partial charge in [-0.05, 0) is 26.0 Å². The smallest absolute Gasteiger partial charge is 0.275 e. The van der Waals surface area contributed by atoms with Crippen molar-refractivity contribution in [1.29, 1.82) is 0 Å². The Hall–Kier alpha value is -2.96. The second kappa shape index (κ2) is 7.22. The molecule has 7 nitrogen and oxygen atoms in total. The number of aryl methyl sites for hydroxylation is 2. The van der Waals surface area contributed by atoms with E-state index in [2.05, 4.69) is 33.9 Å². The van der Waals surface area contributed by atoms with E-state index in [1.807, 2.05) is 43.0 Å². The number of nitrogens with one attached hydrogen (secondary N) is 1. The van der Waals surface area contributed by atoms with Gasteiger partial charge in [0.1, 0.15) is 11.6 Å². The lowest BCUT2D eigenvalue weighted by atomic mass is 10.1. The van der Waals surface area contributed by atoms with Crippen LogP contribution in [0.25, 0.3) is 10.9 Å². The summed E-state index contributed by atoms with van der Waals surface area (Å²) in [5.74, 6) is 2.09. The summed E-state index contributed by atoms with van der Waals surface area (Å²) >= 11 is 0. The van der Waals surface area contributed by atoms with Crippen molar-refractivity contribution in [2.75, 3.05) is 31.1 Å². The zero-order valence-corrected chi connectivity index (χ0v) is 16.9. The highest BCUT2D eigenvalue weighted by molar-refractivity contribution is 6.04. The van der Waals surface area contributed by atoms with Crippen LogP contribution < -0.4 is 4.90 Å². The third-order valence-corrected chi connectivity index (χ3v) is 5.19. The Balaban J connectivity index is 1.49. The van der Waals surface area contributed by atoms with Crippen molar-refractivity contribution < 1.29 is 4.79 Å². The van der Waals surface area contributed by atoms with Gasteiger partial charge in [-0.15, -0.1) is 0 Å². The van der Waals surface area contributed by atoms with Crippen molar-refractivity contribution in [1.82, 2.24) is 25.1 Å². The van der Waals surface area contributed by atoms with Crippen molar-refractivity contribution >= 4 is 22.6 Å². The Morgan fingerprint density at radius 3 is 2.54 bits per heavy atom. The van der Waals surface area contributed by atoms with Gasteiger partial charge in [0.15, 0.2) is 5.69 Å². The Bertz CT molecular complexity index is 1020. The van der Waals surface area contributed by atoms with E-state index in [0.717, 1.165) is 46.9 Å². The molecule has 3 aromatic rings. The predicted molar refractivity (Wildman–Crippen MR) is 110 cm³/mol. The molecule has 1 N–H and O–H groups in total. The van der Waals surface area contributed by atoms with Crippen LogP contribution in [0.5, 0.6) is 0 Å². The summed E-state index contributed by atoms with van der Waals surface area (Å²) in [4.78, 5) is 26.4. The molecule has 0 atom stereocenters. The summed E-state index contributed by atoms with van der Waals surface area (Å²) in [5.41, 5.74) is 3.50. The zero-order valence-electron chi connectivity index (χ0n) is 16.9. The van der Waals surface area contributed by atoms with Gasteiger partial charge in [-0.1, -0.05) is 25.5 Å². The summed E-state index contributed by atoms with van der Waals surface area (Å²) in [6.45, 7) is 11.0. The van der Waals surface area contributed by atoms with Gasteiger partial charge in [0.25, 0.3) is 5.91 Å². The van der Waals surface area contributed by atoms with Crippen LogP contribution in [-0.2, 0) is 0 Å². The van der Waals surface area contributed by atoms with E-state index < -0.39 is 0 Å². The van der Waals surface area contributed by atoms with E-state index in [1.165, 1.54) is 0 Å². The number of nitrogens with zero attached hydrogens (tertiary/aromatic N) is 5. The standard InChI is InChI=1S/C21H26N6O/c1-13(2)20-22-15(4)12-18(23-20)26-7-9-27(10-8-26)21(28)19-16-11-14(3)5-6-17(16)24-25-19/h5-6,11-13H,7-10H2,1-4H3,(H,24,25). The molecule has 2 aromatic heterocycles. The van der Waals surface area contributed by atoms with E-state index in [1.54, 1.807) is 0 Å². The molecule has 1 aliphatic rings. The lowest BCUT2D eigenvalue weighted by molar-refractivity contribution is 0.0742. The molecule has 0 saturated carbocycles. The fourth-order valence-electron chi connectivity index (χ4n) is 3.57. The number of rotatable bonds is 3. The lowest BCUT2D eigenvalue weighted by Crippen LogP contribution is -2.49. The van der Waals surface area contributed by atoms with E-state index in [0.29, 0.717) is 18.8 Å². The number of H-pyrrole nitrogens is 1. The maximum Gasteiger partial charge on any atom is 0.275 e. The highest BCUT2D eigenvalue weighted by atomic mass is 16.2. The van der Waals surface area contributed by atoms with Crippen LogP contribution >= 0.6 is 0 Å². The summed E-state index contributed by atoms with van der Waals surface area (Å²) in [5, 5.41) is 8.14. The van der Waals surface area contributed by atoms with Crippen LogP contribution in [-0.4, -0.2) is 57.2 Å². The molecule has 0 spiro atoms. The first-order valence-electron chi connectivity index (χ1n) is 9.77. The SMILES string of the molecule is Cc1ccc2[nH]nc(C(=O)N3CCN(c4cc(C)nc(C(C)C)n4)CC3)c2c1. The third kappa shape index (κ3) is 3.44. The topological polar surface area (TPSA) is 78.0 Å². The molecule has 7 heteroatoms. The number of hydrogen-bond donors (Lipinski definition) is 1. The van der Waals surface area contributed by atoms with E-state index in [9.17, 15) is 4.79 Å². The molecule has 0 radical (unpaired) electrons. The number of amides is 1. The number of anilines is 1. The summed E-state index contributed by atoms with van der Waals surface area (Å²) < 4.78 is 0. The first-order valence-corrected chi connectivity index (χ1v) is 9.77. The Labute approximate surface area is 164 Å². The number of benzene rings is 1. The number of carbonyl (C=O) groups excluding carboxylic acids is 1. The van der Waals surface area contributed by atoms with Crippen LogP contribution in [0, 0.1) is 13.8 Å². The largest absolute Gasteiger partial charge is 0.353 e. The van der Waals surface area contributed by atoms with Gasteiger partial charge in [-0.3, -0.25) is 9.89 Å². The van der Waals surface area contributed by atoms with Crippen molar-refractivity contribution in [3.63, 3.8) is 0 Å². The van der Waals surface area contributed by atoms with E-state index in [-0.39, 0.29) is 11.8 Å². The third-order valence-electron chi connectivity index (χ3n) is 5.19. The quantitative estimate of drug-likeness (QED) is 0.758. The molecule has 0 unspecified atom stereocenters. The average Bonchev–Trinajstić information content (AvgIpc) is 3.10. The molecular formula is C21H26N6O. The maximum absolute atomic E-state index is 13.0. The molecule has 1 amide bonds. The number of carbonyl (C=O) groups is 1. The minimum atomic E-state index is -0.0155. The number of hydrogen-bond acceptors (Lipinski definition) is 5. The highest BCUT2D eigenvalue weighted by Crippen LogP contribution is 2.22. The second-order valence-electron chi connectivity index (χ2n) is 7.78. The first kappa shape index (κ1) is 18.4. The Morgan fingerprint density at radius 1 is 1.07 bits per heavy atom. The first-order chi connectivity index (χ1) is 13.4. The molecular weight excluding hydrogens is 352 g/mol. The van der Waals surface area contributed by atoms with Crippen LogP contribution in [0.2, 0.25) is 0 Å². The minimum Gasteiger partial charge on any atom is -0.353 e. The number of piperazine rings is 1. The van der Waals surface area contributed by atoms with Crippen LogP contribution in [0.4, 0.5) is 5.82 Å². The molecule has 3 heterocycles. The number of fused-ring (bicyclic) bond motifs is 1. The van der Waals surface area contributed by atoms with Gasteiger partial charge in [-0.2, -0.15) is 5.10 Å². The van der Waals surface area contributed by atoms with Gasteiger partial charge >= 0.3 is 0 Å². The highest BCUT2D eigenvalue weighted by Gasteiger charge is 2.26. The van der Waals surface area contributed by atoms with Gasteiger partial charge in [-0.25, -0.2) is 9.97 Å². The van der Waals surface area contributed by atoms with Crippen LogP contribution in [0.3, 0.4) is 0 Å². The van der Waals surface area contributed by atoms with Crippen molar-refractivity contribution in [3.8, 4) is 0 Å². The molecule has 146 valence electrons. The van der Waals surface area contributed by atoms with Crippen LogP contribution in [0.1, 0.15) is 47.3 Å². The predicted octanol–water partition coefficient (Wildman–Crippen LogP) is 3.06. The van der Waals surface area contributed by atoms with E-state index in [4.69, 9.17) is 4.98 Å². The van der Waals surface area contributed by atoms with Gasteiger partial charge in [0.05, 0.1) is 5.52 Å². The van der Waals surface area contributed by atoms with Gasteiger partial charge in [0.2, 0.25) is 0 Å². The molecule has 4 rings (SSSR count). The summed E-state index contributed by atoms with van der Waals surface area (Å²) in [7, 11) is 0. The monoisotopic (exact) mass is 378 g/mol. The zero-order chi connectivity index (χ0) is 19.8. The summed E-state index contributed by atoms with van der Waals surface area (Å²) in [6.07, 6.45) is 0. The van der Waals surface area contributed by atoms with Crippen molar-refractivity contribution in [3.05, 3.63) is 47.0 Å². The Kier molecular flexibility index (Phi) is 4.75. The van der Waals surface area contributed by atoms with Gasteiger partial charge < -0.3 is 9.80 Å². The summed E-state index contributed by atoms with van der Waals surface area (Å²) in [6, 6.07) is 8.02. The van der Waals surface area contributed by atoms with Gasteiger partial charge in [0, 0.05) is 49.2 Å². The molecule has 28 heavy (non-hydrogen) atoms. The maximum atomic E-state index is 13.0. The average molecular weight is 378 g/mol. The molecule has 0 aliphatic carbocycles. The molecule has 1 aromatic carbocycles. The molecule has 1 saturated heterocycles. The number of aromatic nitrogens is 4. The molecule has 1 aliphatic heterocycles.